The Morgan fingerprint density at radius 3 is 1.05 bits per heavy atom. The van der Waals surface area contributed by atoms with E-state index in [9.17, 15) is 9.79 Å². The fourth-order valence-corrected chi connectivity index (χ4v) is 6.94. The van der Waals surface area contributed by atoms with E-state index in [1.807, 2.05) is 0 Å². The minimum atomic E-state index is -2.33. The molecule has 0 aliphatic rings. The van der Waals surface area contributed by atoms with Crippen molar-refractivity contribution >= 4 is 8.60 Å². The van der Waals surface area contributed by atoms with Crippen molar-refractivity contribution < 1.29 is 14.3 Å². The second-order valence-electron chi connectivity index (χ2n) is 12.3. The smallest absolute Gasteiger partial charge is 0.327 e. The topological polar surface area (TPSA) is 49.7 Å². The van der Waals surface area contributed by atoms with E-state index in [1.165, 1.54) is 154 Å². The highest BCUT2D eigenvalue weighted by molar-refractivity contribution is 7.39. The highest BCUT2D eigenvalue weighted by atomic mass is 31.2. The van der Waals surface area contributed by atoms with Gasteiger partial charge in [0, 0.05) is 0 Å². The predicted octanol–water partition coefficient (Wildman–Crippen LogP) is 12.6. The van der Waals surface area contributed by atoms with Gasteiger partial charge in [0.05, 0.1) is 5.60 Å². The summed E-state index contributed by atoms with van der Waals surface area (Å²) < 4.78 is 6.32. The zero-order valence-electron chi connectivity index (χ0n) is 26.6. The van der Waals surface area contributed by atoms with E-state index in [0.29, 0.717) is 5.92 Å². The van der Waals surface area contributed by atoms with Crippen molar-refractivity contribution in [2.24, 2.45) is 5.92 Å². The maximum Gasteiger partial charge on any atom is 0.327 e. The van der Waals surface area contributed by atoms with E-state index < -0.39 is 8.60 Å². The lowest BCUT2D eigenvalue weighted by molar-refractivity contribution is -0.0297. The Kier molecular flexibility index (Phi) is 29.1. The van der Waals surface area contributed by atoms with Crippen LogP contribution in [0.5, 0.6) is 0 Å². The highest BCUT2D eigenvalue weighted by Crippen LogP contribution is 2.47. The Bertz CT molecular complexity index is 425. The lowest BCUT2D eigenvalue weighted by Crippen LogP contribution is -2.40. The monoisotopic (exact) mass is 559 g/mol. The molecular weight excluding hydrogens is 487 g/mol. The summed E-state index contributed by atoms with van der Waals surface area (Å²) in [4.78, 5) is 20.4. The first-order valence-corrected chi connectivity index (χ1v) is 18.6. The molecule has 0 aliphatic carbocycles. The molecule has 230 valence electrons. The van der Waals surface area contributed by atoms with Crippen molar-refractivity contribution in [3.8, 4) is 0 Å². The van der Waals surface area contributed by atoms with Gasteiger partial charge in [-0.15, -0.1) is 0 Å². The standard InChI is InChI=1S/C34H71O3P/c1-5-9-13-17-21-25-29-33(30-26-22-18-14-10-6-2)34(37-38(35)36,31-27-23-19-15-11-7-3)32-28-24-20-16-12-8-4/h33,35-36H,5-32H2,1-4H3. The van der Waals surface area contributed by atoms with Crippen molar-refractivity contribution in [3.05, 3.63) is 0 Å². The largest absolute Gasteiger partial charge is 0.328 e. The molecule has 0 radical (unpaired) electrons. The minimum Gasteiger partial charge on any atom is -0.328 e. The third-order valence-corrected chi connectivity index (χ3v) is 9.25. The third kappa shape index (κ3) is 22.1. The number of hydrogen-bond donors (Lipinski definition) is 2. The third-order valence-electron chi connectivity index (χ3n) is 8.73. The molecule has 4 heteroatoms. The number of rotatable bonds is 31. The Labute approximate surface area is 241 Å². The fraction of sp³-hybridized carbons (Fsp3) is 1.00. The molecule has 0 atom stereocenters. The molecule has 0 rings (SSSR count). The zero-order valence-corrected chi connectivity index (χ0v) is 27.5. The van der Waals surface area contributed by atoms with Crippen molar-refractivity contribution in [2.45, 2.75) is 213 Å². The van der Waals surface area contributed by atoms with Gasteiger partial charge in [-0.2, -0.15) is 0 Å². The molecule has 38 heavy (non-hydrogen) atoms. The van der Waals surface area contributed by atoms with Crippen LogP contribution in [0.25, 0.3) is 0 Å². The van der Waals surface area contributed by atoms with E-state index in [2.05, 4.69) is 27.7 Å². The summed E-state index contributed by atoms with van der Waals surface area (Å²) in [6.45, 7) is 9.13. The van der Waals surface area contributed by atoms with E-state index in [1.54, 1.807) is 0 Å². The molecule has 0 bridgehead atoms. The van der Waals surface area contributed by atoms with Gasteiger partial charge in [-0.1, -0.05) is 182 Å². The minimum absolute atomic E-state index is 0.350. The SMILES string of the molecule is CCCCCCCCC(CCCCCCCC)C(CCCCCCCC)(CCCCCCCC)OP(O)O. The molecule has 0 aromatic carbocycles. The highest BCUT2D eigenvalue weighted by Gasteiger charge is 2.40. The van der Waals surface area contributed by atoms with Crippen LogP contribution in [0.1, 0.15) is 207 Å². The molecule has 0 unspecified atom stereocenters. The Morgan fingerprint density at radius 2 is 0.737 bits per heavy atom. The normalized spacial score (nSPS) is 12.3. The summed E-state index contributed by atoms with van der Waals surface area (Å²) in [7, 11) is -2.33. The molecule has 0 aromatic rings. The van der Waals surface area contributed by atoms with Crippen molar-refractivity contribution in [3.63, 3.8) is 0 Å². The number of hydrogen-bond acceptors (Lipinski definition) is 3. The fourth-order valence-electron chi connectivity index (χ4n) is 6.28. The molecule has 3 nitrogen and oxygen atoms in total. The van der Waals surface area contributed by atoms with Crippen LogP contribution in [0, 0.1) is 5.92 Å². The van der Waals surface area contributed by atoms with Crippen LogP contribution in [0.3, 0.4) is 0 Å². The average Bonchev–Trinajstić information content (AvgIpc) is 2.90. The van der Waals surface area contributed by atoms with Gasteiger partial charge in [0.2, 0.25) is 0 Å². The molecule has 0 aliphatic heterocycles. The van der Waals surface area contributed by atoms with Crippen molar-refractivity contribution in [1.82, 2.24) is 0 Å². The first-order chi connectivity index (χ1) is 18.6. The van der Waals surface area contributed by atoms with E-state index in [-0.39, 0.29) is 5.60 Å². The second kappa shape index (κ2) is 28.8. The van der Waals surface area contributed by atoms with Gasteiger partial charge in [0.1, 0.15) is 0 Å². The van der Waals surface area contributed by atoms with Crippen molar-refractivity contribution in [2.75, 3.05) is 0 Å². The average molecular weight is 559 g/mol. The molecule has 0 saturated carbocycles. The van der Waals surface area contributed by atoms with Gasteiger partial charge in [0.15, 0.2) is 0 Å². The van der Waals surface area contributed by atoms with Gasteiger partial charge in [-0.3, -0.25) is 0 Å². The lowest BCUT2D eigenvalue weighted by atomic mass is 9.74. The van der Waals surface area contributed by atoms with Crippen LogP contribution in [0.4, 0.5) is 0 Å². The quantitative estimate of drug-likeness (QED) is 0.0657. The van der Waals surface area contributed by atoms with Crippen LogP contribution in [0.15, 0.2) is 0 Å². The molecule has 0 spiro atoms. The molecule has 0 amide bonds. The van der Waals surface area contributed by atoms with Crippen LogP contribution < -0.4 is 0 Å². The Hall–Kier alpha value is 0.310. The van der Waals surface area contributed by atoms with Gasteiger partial charge in [0.25, 0.3) is 0 Å². The first-order valence-electron chi connectivity index (χ1n) is 17.4. The van der Waals surface area contributed by atoms with Crippen molar-refractivity contribution in [1.29, 1.82) is 0 Å². The predicted molar refractivity (Wildman–Crippen MR) is 171 cm³/mol. The molecule has 0 aromatic heterocycles. The Balaban J connectivity index is 5.42. The maximum absolute atomic E-state index is 10.2. The summed E-state index contributed by atoms with van der Waals surface area (Å²) in [5.41, 5.74) is -0.350. The Morgan fingerprint density at radius 1 is 0.447 bits per heavy atom. The maximum atomic E-state index is 10.2. The molecular formula is C34H71O3P. The van der Waals surface area contributed by atoms with Gasteiger partial charge >= 0.3 is 8.60 Å². The van der Waals surface area contributed by atoms with E-state index >= 15 is 0 Å². The van der Waals surface area contributed by atoms with Crippen LogP contribution >= 0.6 is 8.60 Å². The summed E-state index contributed by atoms with van der Waals surface area (Å²) in [5.74, 6) is 0.454. The van der Waals surface area contributed by atoms with Gasteiger partial charge < -0.3 is 14.3 Å². The van der Waals surface area contributed by atoms with Crippen LogP contribution in [-0.2, 0) is 4.52 Å². The summed E-state index contributed by atoms with van der Waals surface area (Å²) in [6, 6.07) is 0. The van der Waals surface area contributed by atoms with E-state index in [0.717, 1.165) is 25.7 Å². The number of unbranched alkanes of at least 4 members (excludes halogenated alkanes) is 20. The van der Waals surface area contributed by atoms with Gasteiger partial charge in [-0.25, -0.2) is 0 Å². The zero-order chi connectivity index (χ0) is 28.2. The van der Waals surface area contributed by atoms with E-state index in [4.69, 9.17) is 4.52 Å². The molecule has 0 saturated heterocycles. The second-order valence-corrected chi connectivity index (χ2v) is 12.9. The first kappa shape index (κ1) is 38.3. The molecule has 0 heterocycles. The summed E-state index contributed by atoms with van der Waals surface area (Å²) in [5, 5.41) is 0. The van der Waals surface area contributed by atoms with Gasteiger partial charge in [-0.05, 0) is 31.6 Å². The van der Waals surface area contributed by atoms with Crippen LogP contribution in [0.2, 0.25) is 0 Å². The molecule has 2 N–H and O–H groups in total. The lowest BCUT2D eigenvalue weighted by Gasteiger charge is -2.42. The summed E-state index contributed by atoms with van der Waals surface area (Å²) >= 11 is 0. The molecule has 0 fully saturated rings. The van der Waals surface area contributed by atoms with Crippen LogP contribution in [-0.4, -0.2) is 15.4 Å². The summed E-state index contributed by atoms with van der Waals surface area (Å²) in [6.07, 6.45) is 35.5.